The summed E-state index contributed by atoms with van der Waals surface area (Å²) < 4.78 is 0. The van der Waals surface area contributed by atoms with Gasteiger partial charge in [-0.2, -0.15) is 10.2 Å². The van der Waals surface area contributed by atoms with Gasteiger partial charge in [-0.15, -0.1) is 0 Å². The molecule has 2 aliphatic carbocycles. The normalized spacial score (nSPS) is 36.7. The standard InChI is InChI=1S/C24H26N2/c1-22(2)23(17-16-18-10-5-3-6-11-18)20-14-9-15-21(20)24(22,26-25-23)19-12-7-4-8-13-19/h3-8,10-13,16-17,20-21H,9,14-15H2,1-2H3/b17-16+. The fourth-order valence-corrected chi connectivity index (χ4v) is 6.26. The second kappa shape index (κ2) is 5.39. The molecule has 2 heteroatoms. The largest absolute Gasteiger partial charge is 0.181 e. The highest BCUT2D eigenvalue weighted by Crippen LogP contribution is 2.74. The summed E-state index contributed by atoms with van der Waals surface area (Å²) in [4.78, 5) is 0. The van der Waals surface area contributed by atoms with Crippen LogP contribution in [0.5, 0.6) is 0 Å². The lowest BCUT2D eigenvalue weighted by molar-refractivity contribution is 0.165. The number of benzene rings is 2. The molecule has 0 saturated heterocycles. The maximum absolute atomic E-state index is 5.06. The minimum absolute atomic E-state index is 0.0254. The molecule has 2 bridgehead atoms. The Hall–Kier alpha value is -2.22. The van der Waals surface area contributed by atoms with Crippen LogP contribution in [0.3, 0.4) is 0 Å². The lowest BCUT2D eigenvalue weighted by Crippen LogP contribution is -2.45. The Morgan fingerprint density at radius 3 is 2.23 bits per heavy atom. The second-order valence-electron chi connectivity index (χ2n) is 8.67. The summed E-state index contributed by atoms with van der Waals surface area (Å²) in [5.41, 5.74) is 2.18. The Kier molecular flexibility index (Phi) is 3.31. The van der Waals surface area contributed by atoms with Crippen LogP contribution in [-0.2, 0) is 5.54 Å². The van der Waals surface area contributed by atoms with Gasteiger partial charge in [-0.05, 0) is 35.8 Å². The topological polar surface area (TPSA) is 24.7 Å². The van der Waals surface area contributed by atoms with Crippen LogP contribution >= 0.6 is 0 Å². The van der Waals surface area contributed by atoms with Crippen molar-refractivity contribution in [2.75, 3.05) is 0 Å². The van der Waals surface area contributed by atoms with E-state index in [-0.39, 0.29) is 16.5 Å². The predicted molar refractivity (Wildman–Crippen MR) is 106 cm³/mol. The predicted octanol–water partition coefficient (Wildman–Crippen LogP) is 6.26. The zero-order valence-electron chi connectivity index (χ0n) is 15.6. The molecule has 0 N–H and O–H groups in total. The Morgan fingerprint density at radius 2 is 1.50 bits per heavy atom. The Morgan fingerprint density at radius 1 is 0.846 bits per heavy atom. The third kappa shape index (κ3) is 1.78. The van der Waals surface area contributed by atoms with Crippen LogP contribution in [0.15, 0.2) is 77.0 Å². The molecule has 0 aromatic heterocycles. The molecule has 132 valence electrons. The van der Waals surface area contributed by atoms with Crippen LogP contribution in [0.4, 0.5) is 0 Å². The van der Waals surface area contributed by atoms with Crippen molar-refractivity contribution >= 4 is 6.08 Å². The quantitative estimate of drug-likeness (QED) is 0.629. The van der Waals surface area contributed by atoms with Crippen molar-refractivity contribution < 1.29 is 0 Å². The van der Waals surface area contributed by atoms with Gasteiger partial charge in [-0.25, -0.2) is 0 Å². The van der Waals surface area contributed by atoms with E-state index < -0.39 is 0 Å². The first-order valence-electron chi connectivity index (χ1n) is 9.86. The Labute approximate surface area is 156 Å². The third-order valence-electron chi connectivity index (χ3n) is 7.49. The Balaban J connectivity index is 1.66. The highest BCUT2D eigenvalue weighted by Gasteiger charge is 2.76. The van der Waals surface area contributed by atoms with Crippen molar-refractivity contribution in [3.63, 3.8) is 0 Å². The minimum atomic E-state index is -0.195. The van der Waals surface area contributed by atoms with E-state index >= 15 is 0 Å². The van der Waals surface area contributed by atoms with E-state index in [9.17, 15) is 0 Å². The summed E-state index contributed by atoms with van der Waals surface area (Å²) >= 11 is 0. The third-order valence-corrected chi connectivity index (χ3v) is 7.49. The lowest BCUT2D eigenvalue weighted by atomic mass is 9.63. The molecule has 0 radical (unpaired) electrons. The highest BCUT2D eigenvalue weighted by molar-refractivity contribution is 5.54. The van der Waals surface area contributed by atoms with Gasteiger partial charge in [0.05, 0.1) is 0 Å². The molecule has 0 amide bonds. The van der Waals surface area contributed by atoms with Crippen LogP contribution in [0, 0.1) is 17.3 Å². The van der Waals surface area contributed by atoms with Crippen LogP contribution in [0.1, 0.15) is 44.2 Å². The average Bonchev–Trinajstić information content (AvgIpc) is 3.29. The molecule has 0 spiro atoms. The maximum atomic E-state index is 5.06. The van der Waals surface area contributed by atoms with E-state index in [2.05, 4.69) is 86.7 Å². The van der Waals surface area contributed by atoms with E-state index in [1.54, 1.807) is 0 Å². The number of rotatable bonds is 3. The van der Waals surface area contributed by atoms with E-state index in [0.29, 0.717) is 11.8 Å². The summed E-state index contributed by atoms with van der Waals surface area (Å²) in [7, 11) is 0. The first kappa shape index (κ1) is 16.0. The van der Waals surface area contributed by atoms with E-state index in [4.69, 9.17) is 10.2 Å². The lowest BCUT2D eigenvalue weighted by Gasteiger charge is -2.40. The van der Waals surface area contributed by atoms with Gasteiger partial charge in [0.25, 0.3) is 0 Å². The number of fused-ring (bicyclic) bond motifs is 5. The van der Waals surface area contributed by atoms with Gasteiger partial charge in [0.2, 0.25) is 0 Å². The maximum Gasteiger partial charge on any atom is 0.117 e. The molecule has 5 rings (SSSR count). The second-order valence-corrected chi connectivity index (χ2v) is 8.67. The summed E-state index contributed by atoms with van der Waals surface area (Å²) in [5, 5.41) is 10.1. The smallest absolute Gasteiger partial charge is 0.117 e. The van der Waals surface area contributed by atoms with Gasteiger partial charge in [-0.3, -0.25) is 0 Å². The molecule has 26 heavy (non-hydrogen) atoms. The monoisotopic (exact) mass is 342 g/mol. The van der Waals surface area contributed by atoms with Crippen molar-refractivity contribution in [2.24, 2.45) is 27.5 Å². The molecular weight excluding hydrogens is 316 g/mol. The number of hydrogen-bond acceptors (Lipinski definition) is 2. The average molecular weight is 342 g/mol. The highest BCUT2D eigenvalue weighted by atomic mass is 15.3. The van der Waals surface area contributed by atoms with E-state index in [1.807, 2.05) is 0 Å². The van der Waals surface area contributed by atoms with Gasteiger partial charge < -0.3 is 0 Å². The van der Waals surface area contributed by atoms with E-state index in [1.165, 1.54) is 30.4 Å². The minimum Gasteiger partial charge on any atom is -0.181 e. The van der Waals surface area contributed by atoms with Gasteiger partial charge in [0.15, 0.2) is 0 Å². The van der Waals surface area contributed by atoms with Crippen molar-refractivity contribution in [3.05, 3.63) is 77.9 Å². The number of nitrogens with zero attached hydrogens (tertiary/aromatic N) is 2. The number of hydrogen-bond donors (Lipinski definition) is 0. The molecule has 1 heterocycles. The van der Waals surface area contributed by atoms with Crippen molar-refractivity contribution in [2.45, 2.75) is 44.2 Å². The fraction of sp³-hybridized carbons (Fsp3) is 0.417. The molecule has 2 aromatic carbocycles. The molecule has 2 fully saturated rings. The first-order chi connectivity index (χ1) is 12.6. The summed E-state index contributed by atoms with van der Waals surface area (Å²) in [5.74, 6) is 1.19. The SMILES string of the molecule is CC1(C)C2(/C=C/c3ccccc3)N=NC1(c1ccccc1)C1CCCC12. The van der Waals surface area contributed by atoms with Gasteiger partial charge >= 0.3 is 0 Å². The van der Waals surface area contributed by atoms with Crippen molar-refractivity contribution in [1.29, 1.82) is 0 Å². The molecule has 3 aliphatic rings. The molecular formula is C24H26N2. The summed E-state index contributed by atoms with van der Waals surface area (Å²) in [6, 6.07) is 21.5. The van der Waals surface area contributed by atoms with Crippen molar-refractivity contribution in [3.8, 4) is 0 Å². The zero-order valence-corrected chi connectivity index (χ0v) is 15.6. The van der Waals surface area contributed by atoms with E-state index in [0.717, 1.165) is 0 Å². The molecule has 1 aliphatic heterocycles. The molecule has 2 nitrogen and oxygen atoms in total. The van der Waals surface area contributed by atoms with Crippen LogP contribution in [0.2, 0.25) is 0 Å². The van der Waals surface area contributed by atoms with Crippen LogP contribution in [0.25, 0.3) is 6.08 Å². The molecule has 4 unspecified atom stereocenters. The molecule has 4 atom stereocenters. The Bertz CT molecular complexity index is 868. The fourth-order valence-electron chi connectivity index (χ4n) is 6.26. The van der Waals surface area contributed by atoms with Gasteiger partial charge in [0, 0.05) is 5.41 Å². The van der Waals surface area contributed by atoms with Crippen LogP contribution in [-0.4, -0.2) is 5.54 Å². The van der Waals surface area contributed by atoms with Crippen LogP contribution < -0.4 is 0 Å². The van der Waals surface area contributed by atoms with Gasteiger partial charge in [0.1, 0.15) is 11.1 Å². The zero-order chi connectivity index (χ0) is 17.8. The first-order valence-corrected chi connectivity index (χ1v) is 9.86. The summed E-state index contributed by atoms with van der Waals surface area (Å²) in [6.45, 7) is 4.79. The number of azo groups is 1. The van der Waals surface area contributed by atoms with Crippen molar-refractivity contribution in [1.82, 2.24) is 0 Å². The molecule has 2 saturated carbocycles. The summed E-state index contributed by atoms with van der Waals surface area (Å²) in [6.07, 6.45) is 8.48. The molecule has 2 aromatic rings. The van der Waals surface area contributed by atoms with Gasteiger partial charge in [-0.1, -0.05) is 93.1 Å².